The third-order valence-corrected chi connectivity index (χ3v) is 2.80. The van der Waals surface area contributed by atoms with Crippen LogP contribution in [-0.4, -0.2) is 45.0 Å². The van der Waals surface area contributed by atoms with Crippen LogP contribution in [0.5, 0.6) is 0 Å². The summed E-state index contributed by atoms with van der Waals surface area (Å²) in [5.41, 5.74) is 0. The van der Waals surface area contributed by atoms with Crippen LogP contribution in [0, 0.1) is 5.92 Å². The topological polar surface area (TPSA) is 109 Å². The van der Waals surface area contributed by atoms with Gasteiger partial charge in [-0.3, -0.25) is 9.48 Å². The molecule has 112 valence electrons. The van der Waals surface area contributed by atoms with Crippen LogP contribution in [0.15, 0.2) is 6.33 Å². The molecule has 1 aromatic rings. The van der Waals surface area contributed by atoms with E-state index in [0.29, 0.717) is 38.2 Å². The van der Waals surface area contributed by atoms with Crippen LogP contribution in [0.1, 0.15) is 25.6 Å². The lowest BCUT2D eigenvalue weighted by molar-refractivity contribution is -0.141. The second kappa shape index (κ2) is 8.13. The Labute approximate surface area is 117 Å². The molecule has 1 aromatic heterocycles. The van der Waals surface area contributed by atoms with Crippen molar-refractivity contribution in [2.24, 2.45) is 13.0 Å². The predicted octanol–water partition coefficient (Wildman–Crippen LogP) is 0.158. The number of aliphatic carboxylic acids is 1. The van der Waals surface area contributed by atoms with Crippen LogP contribution >= 0.6 is 0 Å². The Kier molecular flexibility index (Phi) is 6.48. The number of nitrogens with one attached hydrogen (secondary N) is 2. The molecule has 0 saturated carbocycles. The summed E-state index contributed by atoms with van der Waals surface area (Å²) in [6, 6.07) is -0.260. The highest BCUT2D eigenvalue weighted by Crippen LogP contribution is 2.03. The summed E-state index contributed by atoms with van der Waals surface area (Å²) in [5.74, 6) is -0.504. The number of carboxylic acid groups (broad SMARTS) is 1. The third-order valence-electron chi connectivity index (χ3n) is 2.80. The maximum Gasteiger partial charge on any atom is 0.314 e. The van der Waals surface area contributed by atoms with Gasteiger partial charge in [-0.25, -0.2) is 9.78 Å². The van der Waals surface area contributed by atoms with Crippen molar-refractivity contribution in [3.8, 4) is 0 Å². The van der Waals surface area contributed by atoms with Crippen LogP contribution in [-0.2, 0) is 18.3 Å². The molecule has 2 amide bonds. The highest BCUT2D eigenvalue weighted by atomic mass is 16.4. The molecular weight excluding hydrogens is 262 g/mol. The van der Waals surface area contributed by atoms with E-state index >= 15 is 0 Å². The molecular formula is C12H21N5O3. The van der Waals surface area contributed by atoms with E-state index in [1.165, 1.54) is 0 Å². The summed E-state index contributed by atoms with van der Waals surface area (Å²) in [6.07, 6.45) is 3.37. The Hall–Kier alpha value is -2.12. The SMILES string of the molecule is CC(CCCNC(=O)NCCc1ncn(C)n1)C(=O)O. The molecule has 0 saturated heterocycles. The lowest BCUT2D eigenvalue weighted by Crippen LogP contribution is -2.37. The van der Waals surface area contributed by atoms with Gasteiger partial charge in [-0.15, -0.1) is 0 Å². The molecule has 0 aliphatic rings. The first-order chi connectivity index (χ1) is 9.49. The highest BCUT2D eigenvalue weighted by Gasteiger charge is 2.10. The Morgan fingerprint density at radius 2 is 2.10 bits per heavy atom. The van der Waals surface area contributed by atoms with Gasteiger partial charge in [0.2, 0.25) is 0 Å². The van der Waals surface area contributed by atoms with E-state index in [1.807, 2.05) is 0 Å². The standard InChI is InChI=1S/C12H21N5O3/c1-9(11(18)19)4-3-6-13-12(20)14-7-5-10-15-8-17(2)16-10/h8-9H,3-7H2,1-2H3,(H,18,19)(H2,13,14,20). The van der Waals surface area contributed by atoms with Gasteiger partial charge in [-0.1, -0.05) is 6.92 Å². The van der Waals surface area contributed by atoms with Crippen LogP contribution < -0.4 is 10.6 Å². The number of rotatable bonds is 8. The van der Waals surface area contributed by atoms with Crippen molar-refractivity contribution < 1.29 is 14.7 Å². The van der Waals surface area contributed by atoms with Gasteiger partial charge in [0, 0.05) is 26.6 Å². The number of urea groups is 1. The molecule has 8 nitrogen and oxygen atoms in total. The van der Waals surface area contributed by atoms with E-state index in [4.69, 9.17) is 5.11 Å². The molecule has 0 aliphatic heterocycles. The molecule has 0 radical (unpaired) electrons. The first-order valence-electron chi connectivity index (χ1n) is 6.58. The van der Waals surface area contributed by atoms with Crippen molar-refractivity contribution in [1.82, 2.24) is 25.4 Å². The Balaban J connectivity index is 2.04. The van der Waals surface area contributed by atoms with E-state index < -0.39 is 5.97 Å². The van der Waals surface area contributed by atoms with Gasteiger partial charge in [0.1, 0.15) is 6.33 Å². The Morgan fingerprint density at radius 1 is 1.40 bits per heavy atom. The first-order valence-corrected chi connectivity index (χ1v) is 6.58. The lowest BCUT2D eigenvalue weighted by atomic mass is 10.1. The molecule has 0 fully saturated rings. The van der Waals surface area contributed by atoms with Crippen LogP contribution in [0.25, 0.3) is 0 Å². The molecule has 1 rings (SSSR count). The summed E-state index contributed by atoms with van der Waals surface area (Å²) in [7, 11) is 1.79. The molecule has 0 aliphatic carbocycles. The van der Waals surface area contributed by atoms with Crippen LogP contribution in [0.2, 0.25) is 0 Å². The monoisotopic (exact) mass is 283 g/mol. The first kappa shape index (κ1) is 15.9. The molecule has 1 atom stereocenters. The van der Waals surface area contributed by atoms with Gasteiger partial charge in [0.05, 0.1) is 5.92 Å². The third kappa shape index (κ3) is 6.17. The largest absolute Gasteiger partial charge is 0.481 e. The molecule has 20 heavy (non-hydrogen) atoms. The second-order valence-electron chi connectivity index (χ2n) is 4.65. The van der Waals surface area contributed by atoms with Gasteiger partial charge in [-0.2, -0.15) is 5.10 Å². The number of carbonyl (C=O) groups is 2. The Bertz CT molecular complexity index is 446. The summed E-state index contributed by atoms with van der Waals surface area (Å²) < 4.78 is 1.61. The molecule has 1 unspecified atom stereocenters. The van der Waals surface area contributed by atoms with Crippen LogP contribution in [0.4, 0.5) is 4.79 Å². The second-order valence-corrected chi connectivity index (χ2v) is 4.65. The molecule has 0 bridgehead atoms. The summed E-state index contributed by atoms with van der Waals surface area (Å²) in [4.78, 5) is 26.1. The number of aromatic nitrogens is 3. The number of hydrogen-bond acceptors (Lipinski definition) is 4. The smallest absolute Gasteiger partial charge is 0.314 e. The number of aryl methyl sites for hydroxylation is 1. The minimum Gasteiger partial charge on any atom is -0.481 e. The van der Waals surface area contributed by atoms with E-state index in [2.05, 4.69) is 20.7 Å². The van der Waals surface area contributed by atoms with Crippen molar-refractivity contribution in [3.63, 3.8) is 0 Å². The van der Waals surface area contributed by atoms with Gasteiger partial charge in [-0.05, 0) is 12.8 Å². The fraction of sp³-hybridized carbons (Fsp3) is 0.667. The maximum atomic E-state index is 11.4. The lowest BCUT2D eigenvalue weighted by Gasteiger charge is -2.08. The minimum absolute atomic E-state index is 0.260. The van der Waals surface area contributed by atoms with E-state index in [1.54, 1.807) is 25.0 Å². The molecule has 3 N–H and O–H groups in total. The predicted molar refractivity (Wildman–Crippen MR) is 72.1 cm³/mol. The number of hydrogen-bond donors (Lipinski definition) is 3. The zero-order valence-corrected chi connectivity index (χ0v) is 11.8. The van der Waals surface area contributed by atoms with Crippen molar-refractivity contribution >= 4 is 12.0 Å². The molecule has 0 spiro atoms. The van der Waals surface area contributed by atoms with Crippen molar-refractivity contribution in [3.05, 3.63) is 12.2 Å². The number of carboxylic acids is 1. The summed E-state index contributed by atoms with van der Waals surface area (Å²) in [5, 5.41) is 18.2. The van der Waals surface area contributed by atoms with E-state index in [-0.39, 0.29) is 11.9 Å². The van der Waals surface area contributed by atoms with Gasteiger partial charge < -0.3 is 15.7 Å². The maximum absolute atomic E-state index is 11.4. The zero-order chi connectivity index (χ0) is 15.0. The van der Waals surface area contributed by atoms with Crippen LogP contribution in [0.3, 0.4) is 0 Å². The molecule has 0 aromatic carbocycles. The van der Waals surface area contributed by atoms with Gasteiger partial charge in [0.15, 0.2) is 5.82 Å². The normalized spacial score (nSPS) is 11.9. The van der Waals surface area contributed by atoms with Crippen molar-refractivity contribution in [1.29, 1.82) is 0 Å². The number of amides is 2. The fourth-order valence-electron chi connectivity index (χ4n) is 1.58. The highest BCUT2D eigenvalue weighted by molar-refractivity contribution is 5.73. The minimum atomic E-state index is -0.808. The number of nitrogens with zero attached hydrogens (tertiary/aromatic N) is 3. The van der Waals surface area contributed by atoms with Gasteiger partial charge in [0.25, 0.3) is 0 Å². The summed E-state index contributed by atoms with van der Waals surface area (Å²) >= 11 is 0. The van der Waals surface area contributed by atoms with E-state index in [0.717, 1.165) is 0 Å². The van der Waals surface area contributed by atoms with Crippen molar-refractivity contribution in [2.45, 2.75) is 26.2 Å². The summed E-state index contributed by atoms with van der Waals surface area (Å²) in [6.45, 7) is 2.58. The Morgan fingerprint density at radius 3 is 2.70 bits per heavy atom. The van der Waals surface area contributed by atoms with E-state index in [9.17, 15) is 9.59 Å². The molecule has 1 heterocycles. The number of carbonyl (C=O) groups excluding carboxylic acids is 1. The fourth-order valence-corrected chi connectivity index (χ4v) is 1.58. The average molecular weight is 283 g/mol. The van der Waals surface area contributed by atoms with Gasteiger partial charge >= 0.3 is 12.0 Å². The quantitative estimate of drug-likeness (QED) is 0.589. The van der Waals surface area contributed by atoms with Crippen molar-refractivity contribution in [2.75, 3.05) is 13.1 Å². The average Bonchev–Trinajstić information content (AvgIpc) is 2.80. The molecule has 8 heteroatoms. The zero-order valence-electron chi connectivity index (χ0n) is 11.8.